The summed E-state index contributed by atoms with van der Waals surface area (Å²) in [6.07, 6.45) is 0. The summed E-state index contributed by atoms with van der Waals surface area (Å²) in [6.45, 7) is 10.0. The molecule has 0 heterocycles. The van der Waals surface area contributed by atoms with Crippen molar-refractivity contribution in [3.63, 3.8) is 0 Å². The van der Waals surface area contributed by atoms with Crippen LogP contribution in [0.4, 0.5) is 0 Å². The van der Waals surface area contributed by atoms with Gasteiger partial charge in [-0.05, 0) is 56.0 Å². The number of nitrogens with one attached hydrogen (secondary N) is 1. The standard InChI is InChI=1S/C14H34N4/c1-12(16(4)5)9-15-10-13(2)18(8)11-14(3)17(6)7/h12-15H,9-11H2,1-8H3. The van der Waals surface area contributed by atoms with E-state index in [1.54, 1.807) is 0 Å². The first-order valence-electron chi connectivity index (χ1n) is 6.99. The van der Waals surface area contributed by atoms with Crippen LogP contribution < -0.4 is 5.32 Å². The van der Waals surface area contributed by atoms with E-state index in [4.69, 9.17) is 0 Å². The minimum absolute atomic E-state index is 0.571. The number of likely N-dealkylation sites (N-methyl/N-ethyl adjacent to an activating group) is 3. The molecule has 0 fully saturated rings. The lowest BCUT2D eigenvalue weighted by Crippen LogP contribution is -2.46. The van der Waals surface area contributed by atoms with Gasteiger partial charge in [0.25, 0.3) is 0 Å². The summed E-state index contributed by atoms with van der Waals surface area (Å²) in [4.78, 5) is 6.94. The van der Waals surface area contributed by atoms with E-state index in [1.165, 1.54) is 0 Å². The molecule has 0 radical (unpaired) electrons. The minimum atomic E-state index is 0.571. The van der Waals surface area contributed by atoms with Crippen molar-refractivity contribution >= 4 is 0 Å². The first kappa shape index (κ1) is 17.8. The van der Waals surface area contributed by atoms with Crippen LogP contribution >= 0.6 is 0 Å². The van der Waals surface area contributed by atoms with Gasteiger partial charge in [0.05, 0.1) is 0 Å². The molecule has 0 aliphatic rings. The second-order valence-corrected chi connectivity index (χ2v) is 6.07. The molecule has 1 N–H and O–H groups in total. The molecule has 0 amide bonds. The molecule has 4 heteroatoms. The van der Waals surface area contributed by atoms with Gasteiger partial charge in [0.2, 0.25) is 0 Å². The lowest BCUT2D eigenvalue weighted by molar-refractivity contribution is 0.179. The van der Waals surface area contributed by atoms with Crippen molar-refractivity contribution < 1.29 is 0 Å². The van der Waals surface area contributed by atoms with E-state index in [0.29, 0.717) is 18.1 Å². The number of rotatable bonds is 9. The summed E-state index contributed by atoms with van der Waals surface area (Å²) < 4.78 is 0. The molecule has 0 aliphatic carbocycles. The van der Waals surface area contributed by atoms with Crippen molar-refractivity contribution in [1.82, 2.24) is 20.0 Å². The van der Waals surface area contributed by atoms with Crippen LogP contribution in [0.3, 0.4) is 0 Å². The maximum atomic E-state index is 3.55. The number of hydrogen-bond donors (Lipinski definition) is 1. The fourth-order valence-corrected chi connectivity index (χ4v) is 1.60. The molecule has 0 bridgehead atoms. The van der Waals surface area contributed by atoms with Crippen molar-refractivity contribution in [2.24, 2.45) is 0 Å². The molecule has 3 unspecified atom stereocenters. The summed E-state index contributed by atoms with van der Waals surface area (Å²) in [5, 5.41) is 3.55. The molecule has 3 atom stereocenters. The average molecular weight is 258 g/mol. The zero-order valence-electron chi connectivity index (χ0n) is 13.7. The monoisotopic (exact) mass is 258 g/mol. The van der Waals surface area contributed by atoms with Crippen LogP contribution in [0.15, 0.2) is 0 Å². The third-order valence-corrected chi connectivity index (χ3v) is 3.95. The highest BCUT2D eigenvalue weighted by Gasteiger charge is 2.14. The molecule has 18 heavy (non-hydrogen) atoms. The van der Waals surface area contributed by atoms with Gasteiger partial charge in [0.15, 0.2) is 0 Å². The average Bonchev–Trinajstić information content (AvgIpc) is 2.27. The lowest BCUT2D eigenvalue weighted by Gasteiger charge is -2.31. The predicted octanol–water partition coefficient (Wildman–Crippen LogP) is 0.797. The van der Waals surface area contributed by atoms with Crippen LogP contribution in [0, 0.1) is 0 Å². The Morgan fingerprint density at radius 2 is 1.17 bits per heavy atom. The largest absolute Gasteiger partial charge is 0.314 e. The third-order valence-electron chi connectivity index (χ3n) is 3.95. The second-order valence-electron chi connectivity index (χ2n) is 6.07. The van der Waals surface area contributed by atoms with Crippen LogP contribution in [-0.4, -0.2) is 87.7 Å². The highest BCUT2D eigenvalue weighted by Crippen LogP contribution is 2.00. The fraction of sp³-hybridized carbons (Fsp3) is 1.00. The SMILES string of the molecule is CC(CNCC(C)N(C)CC(C)N(C)C)N(C)C. The van der Waals surface area contributed by atoms with E-state index in [0.717, 1.165) is 19.6 Å². The van der Waals surface area contributed by atoms with E-state index in [1.807, 2.05) is 0 Å². The van der Waals surface area contributed by atoms with Crippen LogP contribution in [-0.2, 0) is 0 Å². The Morgan fingerprint density at radius 1 is 0.722 bits per heavy atom. The molecule has 0 aliphatic heterocycles. The Morgan fingerprint density at radius 3 is 1.61 bits per heavy atom. The van der Waals surface area contributed by atoms with Crippen molar-refractivity contribution in [3.05, 3.63) is 0 Å². The van der Waals surface area contributed by atoms with Gasteiger partial charge in [-0.3, -0.25) is 0 Å². The van der Waals surface area contributed by atoms with Crippen LogP contribution in [0.1, 0.15) is 20.8 Å². The normalized spacial score (nSPS) is 17.5. The van der Waals surface area contributed by atoms with Crippen molar-refractivity contribution in [2.45, 2.75) is 38.9 Å². The van der Waals surface area contributed by atoms with Gasteiger partial charge in [-0.2, -0.15) is 0 Å². The molecule has 0 saturated heterocycles. The Hall–Kier alpha value is -0.160. The summed E-state index contributed by atoms with van der Waals surface area (Å²) in [5.41, 5.74) is 0. The molecular formula is C14H34N4. The highest BCUT2D eigenvalue weighted by molar-refractivity contribution is 4.73. The summed E-state index contributed by atoms with van der Waals surface area (Å²) in [7, 11) is 10.7. The maximum Gasteiger partial charge on any atom is 0.0189 e. The maximum absolute atomic E-state index is 3.55. The summed E-state index contributed by atoms with van der Waals surface area (Å²) in [5.74, 6) is 0. The zero-order valence-corrected chi connectivity index (χ0v) is 13.7. The van der Waals surface area contributed by atoms with Crippen LogP contribution in [0.25, 0.3) is 0 Å². The van der Waals surface area contributed by atoms with Crippen molar-refractivity contribution in [3.8, 4) is 0 Å². The van der Waals surface area contributed by atoms with Crippen LogP contribution in [0.5, 0.6) is 0 Å². The minimum Gasteiger partial charge on any atom is -0.314 e. The van der Waals surface area contributed by atoms with E-state index in [9.17, 15) is 0 Å². The summed E-state index contributed by atoms with van der Waals surface area (Å²) >= 11 is 0. The van der Waals surface area contributed by atoms with Gasteiger partial charge >= 0.3 is 0 Å². The Bertz CT molecular complexity index is 206. The smallest absolute Gasteiger partial charge is 0.0189 e. The van der Waals surface area contributed by atoms with Gasteiger partial charge in [-0.25, -0.2) is 0 Å². The fourth-order valence-electron chi connectivity index (χ4n) is 1.60. The van der Waals surface area contributed by atoms with Crippen molar-refractivity contribution in [2.75, 3.05) is 54.9 Å². The molecule has 0 aromatic carbocycles. The number of nitrogens with zero attached hydrogens (tertiary/aromatic N) is 3. The predicted molar refractivity (Wildman–Crippen MR) is 81.3 cm³/mol. The van der Waals surface area contributed by atoms with Gasteiger partial charge in [-0.1, -0.05) is 0 Å². The van der Waals surface area contributed by atoms with E-state index in [-0.39, 0.29) is 0 Å². The zero-order chi connectivity index (χ0) is 14.3. The molecule has 110 valence electrons. The lowest BCUT2D eigenvalue weighted by atomic mass is 10.2. The highest BCUT2D eigenvalue weighted by atomic mass is 15.2. The topological polar surface area (TPSA) is 21.8 Å². The van der Waals surface area contributed by atoms with Gasteiger partial charge < -0.3 is 20.0 Å². The Labute approximate surface area is 114 Å². The molecule has 0 saturated carbocycles. The molecular weight excluding hydrogens is 224 g/mol. The van der Waals surface area contributed by atoms with E-state index in [2.05, 4.69) is 76.0 Å². The first-order valence-corrected chi connectivity index (χ1v) is 6.99. The molecule has 0 aromatic rings. The van der Waals surface area contributed by atoms with Gasteiger partial charge in [0.1, 0.15) is 0 Å². The quantitative estimate of drug-likeness (QED) is 0.660. The first-order chi connectivity index (χ1) is 8.25. The van der Waals surface area contributed by atoms with E-state index >= 15 is 0 Å². The number of hydrogen-bond acceptors (Lipinski definition) is 4. The second kappa shape index (κ2) is 8.86. The molecule has 0 rings (SSSR count). The Kier molecular flexibility index (Phi) is 8.78. The Balaban J connectivity index is 3.84. The van der Waals surface area contributed by atoms with Crippen LogP contribution in [0.2, 0.25) is 0 Å². The van der Waals surface area contributed by atoms with Gasteiger partial charge in [0, 0.05) is 37.8 Å². The third kappa shape index (κ3) is 7.31. The van der Waals surface area contributed by atoms with E-state index < -0.39 is 0 Å². The summed E-state index contributed by atoms with van der Waals surface area (Å²) in [6, 6.07) is 1.75. The molecule has 0 spiro atoms. The van der Waals surface area contributed by atoms with Gasteiger partial charge in [-0.15, -0.1) is 0 Å². The van der Waals surface area contributed by atoms with Crippen molar-refractivity contribution in [1.29, 1.82) is 0 Å². The molecule has 4 nitrogen and oxygen atoms in total. The molecule has 0 aromatic heterocycles.